The van der Waals surface area contributed by atoms with E-state index in [2.05, 4.69) is 4.90 Å². The normalized spacial score (nSPS) is 23.6. The molecule has 8 heteroatoms. The van der Waals surface area contributed by atoms with Crippen LogP contribution in [-0.4, -0.2) is 67.9 Å². The quantitative estimate of drug-likeness (QED) is 0.784. The molecule has 1 aromatic rings. The monoisotopic (exact) mass is 382 g/mol. The van der Waals surface area contributed by atoms with Crippen molar-refractivity contribution in [3.8, 4) is 11.5 Å². The molecule has 1 unspecified atom stereocenters. The van der Waals surface area contributed by atoms with Gasteiger partial charge in [0.25, 0.3) is 0 Å². The van der Waals surface area contributed by atoms with Gasteiger partial charge in [0.2, 0.25) is 0 Å². The highest BCUT2D eigenvalue weighted by Gasteiger charge is 2.29. The molecule has 3 aliphatic heterocycles. The fourth-order valence-electron chi connectivity index (χ4n) is 3.96. The summed E-state index contributed by atoms with van der Waals surface area (Å²) in [6.07, 6.45) is 2.69. The number of halogens is 2. The lowest BCUT2D eigenvalue weighted by Crippen LogP contribution is -2.44. The lowest BCUT2D eigenvalue weighted by Gasteiger charge is -2.36. The number of benzene rings is 1. The fraction of sp³-hybridized carbons (Fsp3) is 0.632. The highest BCUT2D eigenvalue weighted by Crippen LogP contribution is 2.35. The highest BCUT2D eigenvalue weighted by molar-refractivity contribution is 5.69. The van der Waals surface area contributed by atoms with Crippen molar-refractivity contribution in [3.63, 3.8) is 0 Å². The molecule has 0 aromatic heterocycles. The Morgan fingerprint density at radius 1 is 1.11 bits per heavy atom. The van der Waals surface area contributed by atoms with Gasteiger partial charge in [-0.3, -0.25) is 4.90 Å². The van der Waals surface area contributed by atoms with Crippen molar-refractivity contribution in [2.45, 2.75) is 25.4 Å². The third-order valence-electron chi connectivity index (χ3n) is 5.50. The number of fused-ring (bicyclic) bond motifs is 1. The van der Waals surface area contributed by atoms with Crippen molar-refractivity contribution < 1.29 is 27.8 Å². The molecule has 1 atom stereocenters. The predicted molar refractivity (Wildman–Crippen MR) is 93.0 cm³/mol. The van der Waals surface area contributed by atoms with E-state index in [1.165, 1.54) is 6.07 Å². The SMILES string of the molecule is O=C1OCCN1CCC1CCN(CC2COc3c(F)cc(F)cc3O2)CC1. The first-order valence-corrected chi connectivity index (χ1v) is 9.51. The Balaban J connectivity index is 1.22. The number of cyclic esters (lactones) is 1. The van der Waals surface area contributed by atoms with E-state index in [0.717, 1.165) is 45.0 Å². The minimum atomic E-state index is -0.730. The maximum atomic E-state index is 13.7. The molecule has 148 valence electrons. The van der Waals surface area contributed by atoms with Gasteiger partial charge in [0, 0.05) is 25.2 Å². The first-order chi connectivity index (χ1) is 13.1. The first-order valence-electron chi connectivity index (χ1n) is 9.51. The molecular weight excluding hydrogens is 358 g/mol. The van der Waals surface area contributed by atoms with E-state index >= 15 is 0 Å². The molecule has 2 saturated heterocycles. The van der Waals surface area contributed by atoms with E-state index < -0.39 is 11.6 Å². The number of hydrogen-bond donors (Lipinski definition) is 0. The van der Waals surface area contributed by atoms with Gasteiger partial charge in [0.1, 0.15) is 25.1 Å². The molecule has 3 heterocycles. The molecule has 3 aliphatic rings. The number of carbonyl (C=O) groups is 1. The summed E-state index contributed by atoms with van der Waals surface area (Å²) in [6.45, 7) is 4.77. The molecule has 0 N–H and O–H groups in total. The number of likely N-dealkylation sites (tertiary alicyclic amines) is 1. The lowest BCUT2D eigenvalue weighted by molar-refractivity contribution is 0.0439. The van der Waals surface area contributed by atoms with Crippen LogP contribution < -0.4 is 9.47 Å². The summed E-state index contributed by atoms with van der Waals surface area (Å²) < 4.78 is 43.2. The van der Waals surface area contributed by atoms with Crippen LogP contribution in [0.2, 0.25) is 0 Å². The summed E-state index contributed by atoms with van der Waals surface area (Å²) in [5.74, 6) is -0.672. The first kappa shape index (κ1) is 18.3. The zero-order valence-corrected chi connectivity index (χ0v) is 15.2. The van der Waals surface area contributed by atoms with Crippen LogP contribution in [0.15, 0.2) is 12.1 Å². The molecule has 0 spiro atoms. The maximum Gasteiger partial charge on any atom is 0.409 e. The Hall–Kier alpha value is -2.09. The van der Waals surface area contributed by atoms with Gasteiger partial charge in [0.05, 0.1) is 6.54 Å². The Morgan fingerprint density at radius 3 is 2.67 bits per heavy atom. The zero-order chi connectivity index (χ0) is 18.8. The largest absolute Gasteiger partial charge is 0.483 e. The smallest absolute Gasteiger partial charge is 0.409 e. The van der Waals surface area contributed by atoms with Gasteiger partial charge in [-0.05, 0) is 38.3 Å². The average Bonchev–Trinajstić information content (AvgIpc) is 3.05. The van der Waals surface area contributed by atoms with Crippen molar-refractivity contribution >= 4 is 6.09 Å². The van der Waals surface area contributed by atoms with Gasteiger partial charge in [-0.1, -0.05) is 0 Å². The van der Waals surface area contributed by atoms with Crippen molar-refractivity contribution in [1.82, 2.24) is 9.80 Å². The predicted octanol–water partition coefficient (Wildman–Crippen LogP) is 2.66. The van der Waals surface area contributed by atoms with E-state index in [1.54, 1.807) is 4.90 Å². The minimum absolute atomic E-state index is 0.00759. The van der Waals surface area contributed by atoms with Crippen LogP contribution in [0.5, 0.6) is 11.5 Å². The molecule has 2 fully saturated rings. The van der Waals surface area contributed by atoms with Crippen LogP contribution in [0.1, 0.15) is 19.3 Å². The average molecular weight is 382 g/mol. The Morgan fingerprint density at radius 2 is 1.93 bits per heavy atom. The number of nitrogens with zero attached hydrogens (tertiary/aromatic N) is 2. The van der Waals surface area contributed by atoms with Crippen LogP contribution in [0, 0.1) is 17.6 Å². The number of rotatable bonds is 5. The van der Waals surface area contributed by atoms with E-state index in [9.17, 15) is 13.6 Å². The topological polar surface area (TPSA) is 51.2 Å². The number of carbonyl (C=O) groups excluding carboxylic acids is 1. The summed E-state index contributed by atoms with van der Waals surface area (Å²) in [5, 5.41) is 0. The zero-order valence-electron chi connectivity index (χ0n) is 15.2. The van der Waals surface area contributed by atoms with Crippen molar-refractivity contribution in [3.05, 3.63) is 23.8 Å². The molecule has 4 rings (SSSR count). The van der Waals surface area contributed by atoms with Crippen molar-refractivity contribution in [2.24, 2.45) is 5.92 Å². The van der Waals surface area contributed by atoms with E-state index in [4.69, 9.17) is 14.2 Å². The third-order valence-corrected chi connectivity index (χ3v) is 5.50. The van der Waals surface area contributed by atoms with Crippen LogP contribution in [0.3, 0.4) is 0 Å². The molecule has 0 saturated carbocycles. The number of amides is 1. The molecule has 0 aliphatic carbocycles. The fourth-order valence-corrected chi connectivity index (χ4v) is 3.96. The molecule has 1 aromatic carbocycles. The standard InChI is InChI=1S/C19H24F2N2O4/c20-14-9-16(21)18-17(10-14)27-15(12-26-18)11-22-4-1-13(2-5-22)3-6-23-7-8-25-19(23)24/h9-10,13,15H,1-8,11-12H2. The van der Waals surface area contributed by atoms with E-state index in [1.807, 2.05) is 0 Å². The van der Waals surface area contributed by atoms with Crippen LogP contribution in [0.25, 0.3) is 0 Å². The van der Waals surface area contributed by atoms with Gasteiger partial charge < -0.3 is 19.1 Å². The van der Waals surface area contributed by atoms with Crippen LogP contribution in [0.4, 0.5) is 13.6 Å². The molecular formula is C19H24F2N2O4. The summed E-state index contributed by atoms with van der Waals surface area (Å²) in [4.78, 5) is 15.5. The maximum absolute atomic E-state index is 13.7. The Bertz CT molecular complexity index is 695. The molecule has 0 radical (unpaired) electrons. The number of ether oxygens (including phenoxy) is 3. The summed E-state index contributed by atoms with van der Waals surface area (Å²) in [5.41, 5.74) is 0. The Labute approximate surface area is 157 Å². The van der Waals surface area contributed by atoms with Crippen molar-refractivity contribution in [2.75, 3.05) is 45.9 Å². The molecule has 1 amide bonds. The lowest BCUT2D eigenvalue weighted by atomic mass is 9.93. The molecule has 27 heavy (non-hydrogen) atoms. The van der Waals surface area contributed by atoms with Gasteiger partial charge in [0.15, 0.2) is 17.3 Å². The van der Waals surface area contributed by atoms with Gasteiger partial charge >= 0.3 is 6.09 Å². The van der Waals surface area contributed by atoms with Crippen LogP contribution >= 0.6 is 0 Å². The van der Waals surface area contributed by atoms with Gasteiger partial charge in [-0.2, -0.15) is 0 Å². The van der Waals surface area contributed by atoms with Gasteiger partial charge in [-0.15, -0.1) is 0 Å². The van der Waals surface area contributed by atoms with Crippen LogP contribution in [-0.2, 0) is 4.74 Å². The number of hydrogen-bond acceptors (Lipinski definition) is 5. The second-order valence-electron chi connectivity index (χ2n) is 7.40. The second kappa shape index (κ2) is 7.88. The summed E-state index contributed by atoms with van der Waals surface area (Å²) in [6, 6.07) is 1.97. The second-order valence-corrected chi connectivity index (χ2v) is 7.40. The summed E-state index contributed by atoms with van der Waals surface area (Å²) in [7, 11) is 0. The minimum Gasteiger partial charge on any atom is -0.483 e. The van der Waals surface area contributed by atoms with Gasteiger partial charge in [-0.25, -0.2) is 13.6 Å². The van der Waals surface area contributed by atoms with Crippen molar-refractivity contribution in [1.29, 1.82) is 0 Å². The highest BCUT2D eigenvalue weighted by atomic mass is 19.1. The Kier molecular flexibility index (Phi) is 5.33. The summed E-state index contributed by atoms with van der Waals surface area (Å²) >= 11 is 0. The molecule has 6 nitrogen and oxygen atoms in total. The van der Waals surface area contributed by atoms with E-state index in [0.29, 0.717) is 25.6 Å². The number of piperidine rings is 1. The molecule has 0 bridgehead atoms. The third kappa shape index (κ3) is 4.26. The van der Waals surface area contributed by atoms with E-state index in [-0.39, 0.29) is 30.3 Å².